The first-order valence-corrected chi connectivity index (χ1v) is 6.08. The zero-order chi connectivity index (χ0) is 12.3. The lowest BCUT2D eigenvalue weighted by Crippen LogP contribution is -2.38. The van der Waals surface area contributed by atoms with E-state index in [4.69, 9.17) is 0 Å². The lowest BCUT2D eigenvalue weighted by Gasteiger charge is -2.12. The molecule has 1 heterocycles. The number of aliphatic imine (C=N–C) groups is 1. The molecule has 0 amide bonds. The minimum Gasteiger partial charge on any atom is -0.353 e. The van der Waals surface area contributed by atoms with E-state index in [9.17, 15) is 0 Å². The summed E-state index contributed by atoms with van der Waals surface area (Å²) >= 11 is 0. The van der Waals surface area contributed by atoms with Gasteiger partial charge in [-0.2, -0.15) is 0 Å². The summed E-state index contributed by atoms with van der Waals surface area (Å²) in [6, 6.07) is 4.62. The largest absolute Gasteiger partial charge is 0.353 e. The second kappa shape index (κ2) is 5.17. The molecule has 2 atom stereocenters. The van der Waals surface area contributed by atoms with E-state index in [1.807, 2.05) is 12.3 Å². The quantitative estimate of drug-likeness (QED) is 0.613. The molecule has 1 aromatic rings. The third-order valence-corrected chi connectivity index (χ3v) is 3.20. The van der Waals surface area contributed by atoms with Gasteiger partial charge < -0.3 is 10.6 Å². The number of nitrogens with one attached hydrogen (secondary N) is 2. The van der Waals surface area contributed by atoms with Gasteiger partial charge in [0, 0.05) is 19.3 Å². The lowest BCUT2D eigenvalue weighted by molar-refractivity contribution is 0.754. The third-order valence-electron chi connectivity index (χ3n) is 3.20. The molecule has 92 valence electrons. The number of hydrogen-bond donors (Lipinski definition) is 2. The number of aryl methyl sites for hydroxylation is 1. The summed E-state index contributed by atoms with van der Waals surface area (Å²) in [7, 11) is 1.80. The van der Waals surface area contributed by atoms with Crippen molar-refractivity contribution in [1.82, 2.24) is 15.6 Å². The first-order chi connectivity index (χ1) is 8.20. The van der Waals surface area contributed by atoms with Gasteiger partial charge >= 0.3 is 0 Å². The topological polar surface area (TPSA) is 49.3 Å². The molecular weight excluding hydrogens is 212 g/mol. The van der Waals surface area contributed by atoms with Crippen molar-refractivity contribution in [3.05, 3.63) is 29.6 Å². The van der Waals surface area contributed by atoms with Crippen LogP contribution in [0.2, 0.25) is 0 Å². The summed E-state index contributed by atoms with van der Waals surface area (Å²) in [5.74, 6) is 1.63. The highest BCUT2D eigenvalue weighted by atomic mass is 15.2. The van der Waals surface area contributed by atoms with E-state index in [1.165, 1.54) is 12.0 Å². The Balaban J connectivity index is 1.86. The fourth-order valence-corrected chi connectivity index (χ4v) is 1.76. The summed E-state index contributed by atoms with van der Waals surface area (Å²) in [5.41, 5.74) is 2.27. The first-order valence-electron chi connectivity index (χ1n) is 6.08. The molecule has 17 heavy (non-hydrogen) atoms. The summed E-state index contributed by atoms with van der Waals surface area (Å²) < 4.78 is 0. The maximum atomic E-state index is 4.35. The van der Waals surface area contributed by atoms with Crippen molar-refractivity contribution >= 4 is 5.96 Å². The fraction of sp³-hybridized carbons (Fsp3) is 0.538. The van der Waals surface area contributed by atoms with Gasteiger partial charge in [-0.25, -0.2) is 0 Å². The van der Waals surface area contributed by atoms with E-state index in [0.29, 0.717) is 12.6 Å². The van der Waals surface area contributed by atoms with Gasteiger partial charge in [0.1, 0.15) is 0 Å². The molecule has 1 fully saturated rings. The van der Waals surface area contributed by atoms with E-state index in [-0.39, 0.29) is 0 Å². The van der Waals surface area contributed by atoms with E-state index < -0.39 is 0 Å². The van der Waals surface area contributed by atoms with Gasteiger partial charge in [0.25, 0.3) is 0 Å². The van der Waals surface area contributed by atoms with Gasteiger partial charge in [0.2, 0.25) is 0 Å². The van der Waals surface area contributed by atoms with Crippen LogP contribution in [-0.4, -0.2) is 24.0 Å². The molecule has 4 heteroatoms. The third kappa shape index (κ3) is 3.19. The van der Waals surface area contributed by atoms with Crippen LogP contribution in [0.15, 0.2) is 23.3 Å². The van der Waals surface area contributed by atoms with Crippen molar-refractivity contribution in [3.8, 4) is 0 Å². The number of nitrogens with zero attached hydrogens (tertiary/aromatic N) is 2. The van der Waals surface area contributed by atoms with Crippen molar-refractivity contribution in [1.29, 1.82) is 0 Å². The zero-order valence-corrected chi connectivity index (χ0v) is 10.7. The highest BCUT2D eigenvalue weighted by molar-refractivity contribution is 5.80. The molecule has 2 unspecified atom stereocenters. The highest BCUT2D eigenvalue weighted by Crippen LogP contribution is 2.28. The van der Waals surface area contributed by atoms with E-state index in [1.54, 1.807) is 7.05 Å². The second-order valence-corrected chi connectivity index (χ2v) is 4.66. The van der Waals surface area contributed by atoms with Crippen molar-refractivity contribution in [2.45, 2.75) is 32.9 Å². The SMILES string of the molecule is CN=C(NCc1ncccc1C)NC1CC1C. The number of rotatable bonds is 3. The molecule has 0 spiro atoms. The Kier molecular flexibility index (Phi) is 3.61. The van der Waals surface area contributed by atoms with Gasteiger partial charge in [-0.1, -0.05) is 13.0 Å². The van der Waals surface area contributed by atoms with Crippen molar-refractivity contribution in [3.63, 3.8) is 0 Å². The standard InChI is InChI=1S/C13H20N4/c1-9-5-4-6-15-12(9)8-16-13(14-3)17-11-7-10(11)2/h4-6,10-11H,7-8H2,1-3H3,(H2,14,16,17). The Labute approximate surface area is 103 Å². The van der Waals surface area contributed by atoms with E-state index >= 15 is 0 Å². The van der Waals surface area contributed by atoms with Gasteiger partial charge in [-0.15, -0.1) is 0 Å². The molecule has 2 rings (SSSR count). The number of pyridine rings is 1. The minimum atomic E-state index is 0.589. The Bertz CT molecular complexity index is 414. The van der Waals surface area contributed by atoms with Crippen LogP contribution < -0.4 is 10.6 Å². The Morgan fingerprint density at radius 3 is 2.94 bits per heavy atom. The van der Waals surface area contributed by atoms with Crippen molar-refractivity contribution in [2.75, 3.05) is 7.05 Å². The predicted molar refractivity (Wildman–Crippen MR) is 69.9 cm³/mol. The monoisotopic (exact) mass is 232 g/mol. The Morgan fingerprint density at radius 2 is 2.35 bits per heavy atom. The molecule has 0 aromatic carbocycles. The molecule has 1 aliphatic carbocycles. The average Bonchev–Trinajstić information content (AvgIpc) is 3.02. The normalized spacial score (nSPS) is 23.4. The summed E-state index contributed by atoms with van der Waals surface area (Å²) in [5, 5.41) is 6.69. The number of guanidine groups is 1. The summed E-state index contributed by atoms with van der Waals surface area (Å²) in [4.78, 5) is 8.56. The molecule has 0 aliphatic heterocycles. The molecule has 2 N–H and O–H groups in total. The van der Waals surface area contributed by atoms with Gasteiger partial charge in [0.05, 0.1) is 12.2 Å². The maximum Gasteiger partial charge on any atom is 0.191 e. The van der Waals surface area contributed by atoms with Gasteiger partial charge in [-0.3, -0.25) is 9.98 Å². The maximum absolute atomic E-state index is 4.35. The Morgan fingerprint density at radius 1 is 1.59 bits per heavy atom. The minimum absolute atomic E-state index is 0.589. The smallest absolute Gasteiger partial charge is 0.191 e. The molecule has 0 bridgehead atoms. The van der Waals surface area contributed by atoms with Crippen LogP contribution in [0.3, 0.4) is 0 Å². The molecule has 0 saturated heterocycles. The Hall–Kier alpha value is -1.58. The average molecular weight is 232 g/mol. The van der Waals surface area contributed by atoms with Crippen LogP contribution in [0.4, 0.5) is 0 Å². The second-order valence-electron chi connectivity index (χ2n) is 4.66. The molecule has 1 aromatic heterocycles. The zero-order valence-electron chi connectivity index (χ0n) is 10.7. The van der Waals surface area contributed by atoms with Crippen LogP contribution in [0.25, 0.3) is 0 Å². The molecule has 1 saturated carbocycles. The van der Waals surface area contributed by atoms with Crippen LogP contribution in [0.5, 0.6) is 0 Å². The molecular formula is C13H20N4. The van der Waals surface area contributed by atoms with E-state index in [2.05, 4.69) is 40.5 Å². The van der Waals surface area contributed by atoms with Crippen molar-refractivity contribution in [2.24, 2.45) is 10.9 Å². The van der Waals surface area contributed by atoms with Crippen LogP contribution in [0.1, 0.15) is 24.6 Å². The van der Waals surface area contributed by atoms with Crippen molar-refractivity contribution < 1.29 is 0 Å². The first kappa shape index (κ1) is 11.9. The van der Waals surface area contributed by atoms with Crippen LogP contribution in [-0.2, 0) is 6.54 Å². The molecule has 0 radical (unpaired) electrons. The van der Waals surface area contributed by atoms with Crippen LogP contribution in [0, 0.1) is 12.8 Å². The number of aromatic nitrogens is 1. The molecule has 4 nitrogen and oxygen atoms in total. The molecule has 1 aliphatic rings. The van der Waals surface area contributed by atoms with Gasteiger partial charge in [0.15, 0.2) is 5.96 Å². The summed E-state index contributed by atoms with van der Waals surface area (Å²) in [6.45, 7) is 5.03. The summed E-state index contributed by atoms with van der Waals surface area (Å²) in [6.07, 6.45) is 3.06. The number of hydrogen-bond acceptors (Lipinski definition) is 2. The lowest BCUT2D eigenvalue weighted by atomic mass is 10.2. The highest BCUT2D eigenvalue weighted by Gasteiger charge is 2.33. The van der Waals surface area contributed by atoms with Gasteiger partial charge in [-0.05, 0) is 30.9 Å². The van der Waals surface area contributed by atoms with E-state index in [0.717, 1.165) is 17.6 Å². The van der Waals surface area contributed by atoms with Crippen LogP contribution >= 0.6 is 0 Å². The fourth-order valence-electron chi connectivity index (χ4n) is 1.76. The predicted octanol–water partition coefficient (Wildman–Crippen LogP) is 1.46.